The first-order valence-electron chi connectivity index (χ1n) is 9.55. The summed E-state index contributed by atoms with van der Waals surface area (Å²) in [6.07, 6.45) is 0. The smallest absolute Gasteiger partial charge is 0.255 e. The average Bonchev–Trinajstić information content (AvgIpc) is 3.28. The lowest BCUT2D eigenvalue weighted by atomic mass is 10.1. The van der Waals surface area contributed by atoms with E-state index < -0.39 is 0 Å². The van der Waals surface area contributed by atoms with E-state index in [2.05, 4.69) is 15.5 Å². The van der Waals surface area contributed by atoms with Gasteiger partial charge in [-0.25, -0.2) is 0 Å². The van der Waals surface area contributed by atoms with E-state index >= 15 is 0 Å². The highest BCUT2D eigenvalue weighted by Crippen LogP contribution is 2.22. The minimum absolute atomic E-state index is 0.130. The molecule has 7 heteroatoms. The van der Waals surface area contributed by atoms with Crippen molar-refractivity contribution in [2.45, 2.75) is 13.5 Å². The quantitative estimate of drug-likeness (QED) is 0.492. The van der Waals surface area contributed by atoms with Gasteiger partial charge in [-0.1, -0.05) is 24.3 Å². The maximum atomic E-state index is 12.3. The number of ether oxygens (including phenoxy) is 1. The molecule has 0 bridgehead atoms. The molecule has 1 N–H and O–H groups in total. The summed E-state index contributed by atoms with van der Waals surface area (Å²) in [5.41, 5.74) is 3.40. The highest BCUT2D eigenvalue weighted by molar-refractivity contribution is 6.04. The Labute approximate surface area is 178 Å². The first kappa shape index (κ1) is 19.9. The van der Waals surface area contributed by atoms with Gasteiger partial charge in [0.15, 0.2) is 6.61 Å². The van der Waals surface area contributed by atoms with Gasteiger partial charge in [0.05, 0.1) is 11.6 Å². The molecule has 0 aliphatic carbocycles. The summed E-state index contributed by atoms with van der Waals surface area (Å²) < 4.78 is 11.4. The molecule has 0 unspecified atom stereocenters. The number of nitrogens with zero attached hydrogens (tertiary/aromatic N) is 3. The van der Waals surface area contributed by atoms with E-state index in [9.17, 15) is 4.79 Å². The fourth-order valence-electron chi connectivity index (χ4n) is 2.95. The molecule has 1 aromatic heterocycles. The number of aromatic nitrogens is 2. The van der Waals surface area contributed by atoms with Gasteiger partial charge < -0.3 is 14.5 Å². The summed E-state index contributed by atoms with van der Waals surface area (Å²) in [6, 6.07) is 23.3. The van der Waals surface area contributed by atoms with Crippen LogP contribution in [0.15, 0.2) is 77.2 Å². The number of anilines is 1. The molecule has 0 saturated heterocycles. The van der Waals surface area contributed by atoms with Crippen LogP contribution in [0, 0.1) is 18.3 Å². The zero-order valence-corrected chi connectivity index (χ0v) is 16.7. The van der Waals surface area contributed by atoms with Crippen LogP contribution < -0.4 is 10.1 Å². The largest absolute Gasteiger partial charge is 0.484 e. The maximum Gasteiger partial charge on any atom is 0.255 e. The molecule has 4 aromatic rings. The van der Waals surface area contributed by atoms with Crippen molar-refractivity contribution in [2.75, 3.05) is 5.32 Å². The van der Waals surface area contributed by atoms with Gasteiger partial charge in [-0.2, -0.15) is 5.26 Å². The predicted molar refractivity (Wildman–Crippen MR) is 114 cm³/mol. The molecule has 4 rings (SSSR count). The Hall–Kier alpha value is -4.44. The SMILES string of the molecule is Cc1ccccc1-c1nnc(COc2ccc(NC(=O)c3cccc(C#N)c3)cc2)o1. The molecular weight excluding hydrogens is 392 g/mol. The summed E-state index contributed by atoms with van der Waals surface area (Å²) in [5.74, 6) is 1.13. The van der Waals surface area contributed by atoms with Crippen LogP contribution >= 0.6 is 0 Å². The summed E-state index contributed by atoms with van der Waals surface area (Å²) >= 11 is 0. The second-order valence-corrected chi connectivity index (χ2v) is 6.78. The van der Waals surface area contributed by atoms with E-state index in [1.165, 1.54) is 0 Å². The average molecular weight is 410 g/mol. The number of aryl methyl sites for hydroxylation is 1. The van der Waals surface area contributed by atoms with E-state index in [4.69, 9.17) is 14.4 Å². The molecule has 1 amide bonds. The Kier molecular flexibility index (Phi) is 5.72. The van der Waals surface area contributed by atoms with Crippen LogP contribution in [0.2, 0.25) is 0 Å². The van der Waals surface area contributed by atoms with E-state index in [1.807, 2.05) is 37.3 Å². The molecule has 0 radical (unpaired) electrons. The second-order valence-electron chi connectivity index (χ2n) is 6.78. The predicted octanol–water partition coefficient (Wildman–Crippen LogP) is 4.75. The number of nitrogens with one attached hydrogen (secondary N) is 1. The van der Waals surface area contributed by atoms with Crippen molar-refractivity contribution in [3.05, 3.63) is 95.4 Å². The molecule has 0 fully saturated rings. The monoisotopic (exact) mass is 410 g/mol. The molecule has 7 nitrogen and oxygen atoms in total. The first-order chi connectivity index (χ1) is 15.1. The lowest BCUT2D eigenvalue weighted by molar-refractivity contribution is 0.102. The summed E-state index contributed by atoms with van der Waals surface area (Å²) in [5, 5.41) is 19.9. The van der Waals surface area contributed by atoms with Crippen LogP contribution in [-0.2, 0) is 6.61 Å². The van der Waals surface area contributed by atoms with Crippen LogP contribution in [0.3, 0.4) is 0 Å². The van der Waals surface area contributed by atoms with Gasteiger partial charge in [-0.15, -0.1) is 10.2 Å². The third-order valence-corrected chi connectivity index (χ3v) is 4.57. The molecule has 0 aliphatic rings. The fraction of sp³-hybridized carbons (Fsp3) is 0.0833. The molecule has 152 valence electrons. The number of rotatable bonds is 6. The maximum absolute atomic E-state index is 12.3. The van der Waals surface area contributed by atoms with Crippen molar-refractivity contribution in [3.8, 4) is 23.3 Å². The Morgan fingerprint density at radius 2 is 1.87 bits per heavy atom. The molecule has 0 saturated carbocycles. The van der Waals surface area contributed by atoms with E-state index in [1.54, 1.807) is 48.5 Å². The summed E-state index contributed by atoms with van der Waals surface area (Å²) in [7, 11) is 0. The van der Waals surface area contributed by atoms with E-state index in [0.717, 1.165) is 11.1 Å². The number of nitriles is 1. The highest BCUT2D eigenvalue weighted by Gasteiger charge is 2.11. The van der Waals surface area contributed by atoms with E-state index in [0.29, 0.717) is 34.3 Å². The minimum Gasteiger partial charge on any atom is -0.484 e. The van der Waals surface area contributed by atoms with Crippen LogP contribution in [-0.4, -0.2) is 16.1 Å². The fourth-order valence-corrected chi connectivity index (χ4v) is 2.95. The molecule has 0 aliphatic heterocycles. The van der Waals surface area contributed by atoms with Crippen molar-refractivity contribution >= 4 is 11.6 Å². The van der Waals surface area contributed by atoms with Gasteiger partial charge in [0, 0.05) is 16.8 Å². The Bertz CT molecular complexity index is 1260. The van der Waals surface area contributed by atoms with Crippen molar-refractivity contribution < 1.29 is 13.9 Å². The van der Waals surface area contributed by atoms with Gasteiger partial charge in [0.1, 0.15) is 5.75 Å². The summed E-state index contributed by atoms with van der Waals surface area (Å²) in [6.45, 7) is 2.11. The molecule has 0 spiro atoms. The Morgan fingerprint density at radius 1 is 1.06 bits per heavy atom. The number of benzene rings is 3. The van der Waals surface area contributed by atoms with Crippen molar-refractivity contribution in [1.29, 1.82) is 5.26 Å². The van der Waals surface area contributed by atoms with E-state index in [-0.39, 0.29) is 12.5 Å². The van der Waals surface area contributed by atoms with Gasteiger partial charge in [0.25, 0.3) is 11.8 Å². The van der Waals surface area contributed by atoms with Crippen molar-refractivity contribution in [1.82, 2.24) is 10.2 Å². The van der Waals surface area contributed by atoms with Crippen LogP contribution in [0.5, 0.6) is 5.75 Å². The Balaban J connectivity index is 1.35. The van der Waals surface area contributed by atoms with Crippen molar-refractivity contribution in [2.24, 2.45) is 0 Å². The lowest BCUT2D eigenvalue weighted by Gasteiger charge is -2.07. The van der Waals surface area contributed by atoms with Gasteiger partial charge in [-0.3, -0.25) is 4.79 Å². The zero-order valence-electron chi connectivity index (χ0n) is 16.7. The topological polar surface area (TPSA) is 101 Å². The molecule has 3 aromatic carbocycles. The molecule has 31 heavy (non-hydrogen) atoms. The zero-order chi connectivity index (χ0) is 21.6. The third kappa shape index (κ3) is 4.77. The minimum atomic E-state index is -0.291. The van der Waals surface area contributed by atoms with Gasteiger partial charge in [0.2, 0.25) is 5.89 Å². The van der Waals surface area contributed by atoms with Gasteiger partial charge in [-0.05, 0) is 61.0 Å². The number of hydrogen-bond donors (Lipinski definition) is 1. The lowest BCUT2D eigenvalue weighted by Crippen LogP contribution is -2.11. The van der Waals surface area contributed by atoms with Crippen LogP contribution in [0.25, 0.3) is 11.5 Å². The van der Waals surface area contributed by atoms with Gasteiger partial charge >= 0.3 is 0 Å². The first-order valence-corrected chi connectivity index (χ1v) is 9.55. The standard InChI is InChI=1S/C24H18N4O3/c1-16-5-2-3-8-21(16)24-28-27-22(31-24)15-30-20-11-9-19(10-12-20)26-23(29)18-7-4-6-17(13-18)14-25/h2-13H,15H2,1H3,(H,26,29). The Morgan fingerprint density at radius 3 is 2.65 bits per heavy atom. The van der Waals surface area contributed by atoms with Crippen LogP contribution in [0.1, 0.15) is 27.4 Å². The molecule has 1 heterocycles. The number of carbonyl (C=O) groups is 1. The van der Waals surface area contributed by atoms with Crippen LogP contribution in [0.4, 0.5) is 5.69 Å². The van der Waals surface area contributed by atoms with Crippen molar-refractivity contribution in [3.63, 3.8) is 0 Å². The normalized spacial score (nSPS) is 10.3. The second kappa shape index (κ2) is 8.93. The number of carbonyl (C=O) groups excluding carboxylic acids is 1. The molecular formula is C24H18N4O3. The molecule has 0 atom stereocenters. The third-order valence-electron chi connectivity index (χ3n) is 4.57. The highest BCUT2D eigenvalue weighted by atomic mass is 16.5. The number of amides is 1. The summed E-state index contributed by atoms with van der Waals surface area (Å²) in [4.78, 5) is 12.3. The number of hydrogen-bond acceptors (Lipinski definition) is 6.